The zero-order chi connectivity index (χ0) is 16.4. The number of nitrogen functional groups attached to an aromatic ring is 1. The van der Waals surface area contributed by atoms with E-state index in [4.69, 9.17) is 15.2 Å². The highest BCUT2D eigenvalue weighted by Gasteiger charge is 2.23. The van der Waals surface area contributed by atoms with Crippen molar-refractivity contribution in [2.45, 2.75) is 19.4 Å². The lowest BCUT2D eigenvalue weighted by Crippen LogP contribution is -2.46. The third-order valence-electron chi connectivity index (χ3n) is 3.47. The van der Waals surface area contributed by atoms with Crippen LogP contribution in [-0.2, 0) is 14.3 Å². The molecule has 0 saturated heterocycles. The fraction of sp³-hybridized carbons (Fsp3) is 0.562. The van der Waals surface area contributed by atoms with Gasteiger partial charge in [0.15, 0.2) is 0 Å². The van der Waals surface area contributed by atoms with Gasteiger partial charge in [-0.15, -0.1) is 0 Å². The van der Waals surface area contributed by atoms with E-state index in [1.54, 1.807) is 38.5 Å². The third kappa shape index (κ3) is 6.01. The van der Waals surface area contributed by atoms with Crippen molar-refractivity contribution in [1.82, 2.24) is 4.90 Å². The molecule has 1 aromatic carbocycles. The summed E-state index contributed by atoms with van der Waals surface area (Å²) >= 11 is 0. The molecule has 22 heavy (non-hydrogen) atoms. The third-order valence-corrected chi connectivity index (χ3v) is 3.47. The number of nitrogens with two attached hydrogens (primary N) is 1. The molecule has 0 fully saturated rings. The van der Waals surface area contributed by atoms with Gasteiger partial charge in [-0.05, 0) is 30.7 Å². The molecule has 6 heteroatoms. The first kappa shape index (κ1) is 18.4. The fourth-order valence-corrected chi connectivity index (χ4v) is 2.24. The molecule has 0 saturated carbocycles. The van der Waals surface area contributed by atoms with Gasteiger partial charge in [0, 0.05) is 38.7 Å². The summed E-state index contributed by atoms with van der Waals surface area (Å²) in [5.74, 6) is -0.0283. The van der Waals surface area contributed by atoms with E-state index in [1.807, 2.05) is 6.92 Å². The predicted octanol–water partition coefficient (Wildman–Crippen LogP) is 1.58. The number of rotatable bonds is 10. The highest BCUT2D eigenvalue weighted by atomic mass is 16.5. The van der Waals surface area contributed by atoms with Crippen molar-refractivity contribution in [2.24, 2.45) is 0 Å². The Balaban J connectivity index is 2.71. The average Bonchev–Trinajstić information content (AvgIpc) is 2.52. The summed E-state index contributed by atoms with van der Waals surface area (Å²) < 4.78 is 10.3. The SMILES string of the molecule is CCC(C(=O)Nc1ccc(N)cc1)N(CCOC)CCOC. The molecule has 0 aliphatic heterocycles. The van der Waals surface area contributed by atoms with E-state index in [2.05, 4.69) is 10.2 Å². The average molecular weight is 309 g/mol. The maximum Gasteiger partial charge on any atom is 0.241 e. The number of benzene rings is 1. The van der Waals surface area contributed by atoms with Crippen LogP contribution in [0.25, 0.3) is 0 Å². The molecule has 0 aliphatic carbocycles. The molecule has 0 aromatic heterocycles. The molecule has 1 amide bonds. The first-order valence-corrected chi connectivity index (χ1v) is 7.50. The first-order valence-electron chi connectivity index (χ1n) is 7.50. The van der Waals surface area contributed by atoms with Crippen molar-refractivity contribution in [3.63, 3.8) is 0 Å². The van der Waals surface area contributed by atoms with Crippen molar-refractivity contribution in [1.29, 1.82) is 0 Å². The molecule has 1 atom stereocenters. The fourth-order valence-electron chi connectivity index (χ4n) is 2.24. The normalized spacial score (nSPS) is 12.4. The standard InChI is InChI=1S/C16H27N3O3/c1-4-15(19(9-11-21-2)10-12-22-3)16(20)18-14-7-5-13(17)6-8-14/h5-8,15H,4,9-12,17H2,1-3H3,(H,18,20). The molecule has 1 aromatic rings. The maximum absolute atomic E-state index is 12.5. The highest BCUT2D eigenvalue weighted by molar-refractivity contribution is 5.94. The number of hydrogen-bond donors (Lipinski definition) is 2. The van der Waals surface area contributed by atoms with Gasteiger partial charge in [-0.3, -0.25) is 9.69 Å². The Morgan fingerprint density at radius 2 is 1.73 bits per heavy atom. The molecule has 1 unspecified atom stereocenters. The Kier molecular flexibility index (Phi) is 8.50. The first-order chi connectivity index (χ1) is 10.6. The van der Waals surface area contributed by atoms with E-state index in [9.17, 15) is 4.79 Å². The summed E-state index contributed by atoms with van der Waals surface area (Å²) in [5, 5.41) is 2.94. The van der Waals surface area contributed by atoms with Crippen LogP contribution in [0.3, 0.4) is 0 Å². The molecule has 0 heterocycles. The van der Waals surface area contributed by atoms with Crippen LogP contribution in [0.5, 0.6) is 0 Å². The van der Waals surface area contributed by atoms with E-state index in [0.717, 1.165) is 5.69 Å². The Bertz CT molecular complexity index is 429. The topological polar surface area (TPSA) is 76.8 Å². The Morgan fingerprint density at radius 3 is 2.18 bits per heavy atom. The van der Waals surface area contributed by atoms with Crippen molar-refractivity contribution in [3.05, 3.63) is 24.3 Å². The molecular weight excluding hydrogens is 282 g/mol. The minimum atomic E-state index is -0.220. The summed E-state index contributed by atoms with van der Waals surface area (Å²) in [4.78, 5) is 14.6. The lowest BCUT2D eigenvalue weighted by atomic mass is 10.1. The molecule has 6 nitrogen and oxygen atoms in total. The number of ether oxygens (including phenoxy) is 2. The predicted molar refractivity (Wildman–Crippen MR) is 88.9 cm³/mol. The van der Waals surface area contributed by atoms with Gasteiger partial charge in [0.25, 0.3) is 0 Å². The Hall–Kier alpha value is -1.63. The smallest absolute Gasteiger partial charge is 0.241 e. The molecule has 0 radical (unpaired) electrons. The number of nitrogens with zero attached hydrogens (tertiary/aromatic N) is 1. The largest absolute Gasteiger partial charge is 0.399 e. The van der Waals surface area contributed by atoms with E-state index < -0.39 is 0 Å². The van der Waals surface area contributed by atoms with Crippen LogP contribution < -0.4 is 11.1 Å². The van der Waals surface area contributed by atoms with E-state index >= 15 is 0 Å². The molecule has 0 bridgehead atoms. The molecule has 3 N–H and O–H groups in total. The second kappa shape index (κ2) is 10.2. The zero-order valence-electron chi connectivity index (χ0n) is 13.7. The highest BCUT2D eigenvalue weighted by Crippen LogP contribution is 2.13. The molecule has 1 rings (SSSR count). The number of anilines is 2. The number of carbonyl (C=O) groups excluding carboxylic acids is 1. The van der Waals surface area contributed by atoms with E-state index in [0.29, 0.717) is 38.4 Å². The molecular formula is C16H27N3O3. The molecule has 124 valence electrons. The van der Waals surface area contributed by atoms with Crippen LogP contribution in [0.4, 0.5) is 11.4 Å². The maximum atomic E-state index is 12.5. The number of carbonyl (C=O) groups is 1. The van der Waals surface area contributed by atoms with Gasteiger partial charge in [0.1, 0.15) is 0 Å². The quantitative estimate of drug-likeness (QED) is 0.642. The van der Waals surface area contributed by atoms with Gasteiger partial charge in [0.2, 0.25) is 5.91 Å². The van der Waals surface area contributed by atoms with Gasteiger partial charge < -0.3 is 20.5 Å². The lowest BCUT2D eigenvalue weighted by Gasteiger charge is -2.29. The summed E-state index contributed by atoms with van der Waals surface area (Å²) in [6.07, 6.45) is 0.717. The molecule has 0 aliphatic rings. The second-order valence-corrected chi connectivity index (χ2v) is 5.06. The molecule has 0 spiro atoms. The van der Waals surface area contributed by atoms with Crippen LogP contribution in [0, 0.1) is 0 Å². The van der Waals surface area contributed by atoms with Crippen molar-refractivity contribution in [3.8, 4) is 0 Å². The number of methoxy groups -OCH3 is 2. The van der Waals surface area contributed by atoms with Crippen LogP contribution in [0.15, 0.2) is 24.3 Å². The summed E-state index contributed by atoms with van der Waals surface area (Å²) in [5.41, 5.74) is 7.07. The summed E-state index contributed by atoms with van der Waals surface area (Å²) in [7, 11) is 3.31. The minimum Gasteiger partial charge on any atom is -0.399 e. The number of hydrogen-bond acceptors (Lipinski definition) is 5. The number of nitrogens with one attached hydrogen (secondary N) is 1. The second-order valence-electron chi connectivity index (χ2n) is 5.06. The van der Waals surface area contributed by atoms with Gasteiger partial charge in [-0.25, -0.2) is 0 Å². The van der Waals surface area contributed by atoms with Crippen molar-refractivity contribution in [2.75, 3.05) is 51.6 Å². The van der Waals surface area contributed by atoms with Crippen LogP contribution in [0.1, 0.15) is 13.3 Å². The monoisotopic (exact) mass is 309 g/mol. The van der Waals surface area contributed by atoms with Gasteiger partial charge in [-0.2, -0.15) is 0 Å². The Morgan fingerprint density at radius 1 is 1.18 bits per heavy atom. The van der Waals surface area contributed by atoms with Gasteiger partial charge >= 0.3 is 0 Å². The van der Waals surface area contributed by atoms with E-state index in [-0.39, 0.29) is 11.9 Å². The van der Waals surface area contributed by atoms with Crippen molar-refractivity contribution < 1.29 is 14.3 Å². The van der Waals surface area contributed by atoms with Crippen LogP contribution in [0.2, 0.25) is 0 Å². The van der Waals surface area contributed by atoms with Crippen LogP contribution >= 0.6 is 0 Å². The Labute approximate surface area is 132 Å². The van der Waals surface area contributed by atoms with Gasteiger partial charge in [0.05, 0.1) is 19.3 Å². The van der Waals surface area contributed by atoms with Crippen molar-refractivity contribution >= 4 is 17.3 Å². The van der Waals surface area contributed by atoms with Crippen LogP contribution in [-0.4, -0.2) is 57.4 Å². The summed E-state index contributed by atoms with van der Waals surface area (Å²) in [6.45, 7) is 4.53. The number of amides is 1. The minimum absolute atomic E-state index is 0.0283. The lowest BCUT2D eigenvalue weighted by molar-refractivity contribution is -0.121. The zero-order valence-corrected chi connectivity index (χ0v) is 13.7. The van der Waals surface area contributed by atoms with Gasteiger partial charge in [-0.1, -0.05) is 6.92 Å². The summed E-state index contributed by atoms with van der Waals surface area (Å²) in [6, 6.07) is 6.92. The van der Waals surface area contributed by atoms with E-state index in [1.165, 1.54) is 0 Å².